The summed E-state index contributed by atoms with van der Waals surface area (Å²) in [4.78, 5) is 50.8. The van der Waals surface area contributed by atoms with Crippen LogP contribution >= 0.6 is 0 Å². The van der Waals surface area contributed by atoms with Gasteiger partial charge in [-0.15, -0.1) is 6.58 Å². The minimum Gasteiger partial charge on any atom is -0.458 e. The molecule has 150 valence electrons. The molecule has 1 aromatic rings. The fourth-order valence-corrected chi connectivity index (χ4v) is 3.12. The van der Waals surface area contributed by atoms with Crippen LogP contribution in [0, 0.1) is 5.92 Å². The summed E-state index contributed by atoms with van der Waals surface area (Å²) >= 11 is 0. The summed E-state index contributed by atoms with van der Waals surface area (Å²) in [7, 11) is 0. The summed E-state index contributed by atoms with van der Waals surface area (Å²) < 4.78 is 5.43. The molecule has 0 unspecified atom stereocenters. The Hall–Kier alpha value is -2.96. The van der Waals surface area contributed by atoms with Crippen LogP contribution < -0.4 is 5.32 Å². The number of nitrogens with zero attached hydrogens (tertiary/aromatic N) is 1. The first-order chi connectivity index (χ1) is 13.0. The Balaban J connectivity index is 2.30. The highest BCUT2D eigenvalue weighted by Gasteiger charge is 2.40. The number of benzene rings is 1. The van der Waals surface area contributed by atoms with Gasteiger partial charge in [0.2, 0.25) is 5.91 Å². The first-order valence-electron chi connectivity index (χ1n) is 9.11. The van der Waals surface area contributed by atoms with Crippen molar-refractivity contribution < 1.29 is 23.9 Å². The topological polar surface area (TPSA) is 92.8 Å². The van der Waals surface area contributed by atoms with Crippen LogP contribution in [-0.2, 0) is 14.3 Å². The minimum atomic E-state index is -1.01. The molecule has 1 heterocycles. The number of carbonyl (C=O) groups is 4. The lowest BCUT2D eigenvalue weighted by atomic mass is 9.94. The highest BCUT2D eigenvalue weighted by atomic mass is 16.6. The molecule has 0 aromatic heterocycles. The standard InChI is InChI=1S/C21H26N2O5/c1-6-9-14(17(22-13(2)24)20(27)28-21(3,4)5)12-23-18(25)15-10-7-8-11-16(15)19(23)26/h6-8,10-11,14,17H,1,9,12H2,2-5H3,(H,22,24)/t14-,17-/m0/s1. The van der Waals surface area contributed by atoms with Gasteiger partial charge in [-0.2, -0.15) is 0 Å². The number of carbonyl (C=O) groups excluding carboxylic acids is 4. The molecule has 2 atom stereocenters. The average Bonchev–Trinajstić information content (AvgIpc) is 2.83. The van der Waals surface area contributed by atoms with E-state index in [-0.39, 0.29) is 6.54 Å². The van der Waals surface area contributed by atoms with Crippen LogP contribution in [0.15, 0.2) is 36.9 Å². The number of nitrogens with one attached hydrogen (secondary N) is 1. The second-order valence-corrected chi connectivity index (χ2v) is 7.76. The number of rotatable bonds is 7. The lowest BCUT2D eigenvalue weighted by molar-refractivity contribution is -0.160. The molecule has 1 N–H and O–H groups in total. The lowest BCUT2D eigenvalue weighted by Crippen LogP contribution is -2.51. The van der Waals surface area contributed by atoms with E-state index in [1.54, 1.807) is 51.1 Å². The second kappa shape index (κ2) is 8.37. The molecule has 0 bridgehead atoms. The van der Waals surface area contributed by atoms with Crippen molar-refractivity contribution in [1.82, 2.24) is 10.2 Å². The number of fused-ring (bicyclic) bond motifs is 1. The normalized spacial score (nSPS) is 15.6. The maximum absolute atomic E-state index is 12.7. The molecule has 3 amide bonds. The van der Waals surface area contributed by atoms with Gasteiger partial charge in [0.15, 0.2) is 0 Å². The molecule has 0 spiro atoms. The number of allylic oxidation sites excluding steroid dienone is 1. The predicted octanol–water partition coefficient (Wildman–Crippen LogP) is 2.32. The maximum Gasteiger partial charge on any atom is 0.329 e. The zero-order chi connectivity index (χ0) is 21.1. The number of hydrogen-bond donors (Lipinski definition) is 1. The Morgan fingerprint density at radius 1 is 1.18 bits per heavy atom. The molecule has 0 saturated carbocycles. The monoisotopic (exact) mass is 386 g/mol. The summed E-state index contributed by atoms with van der Waals surface area (Å²) in [5.74, 6) is -2.43. The van der Waals surface area contributed by atoms with Crippen LogP contribution in [0.3, 0.4) is 0 Å². The third kappa shape index (κ3) is 4.85. The van der Waals surface area contributed by atoms with Crippen molar-refractivity contribution in [1.29, 1.82) is 0 Å². The predicted molar refractivity (Wildman–Crippen MR) is 104 cm³/mol. The lowest BCUT2D eigenvalue weighted by Gasteiger charge is -2.31. The molecule has 0 fully saturated rings. The smallest absolute Gasteiger partial charge is 0.329 e. The Morgan fingerprint density at radius 3 is 2.14 bits per heavy atom. The second-order valence-electron chi connectivity index (χ2n) is 7.76. The van der Waals surface area contributed by atoms with E-state index >= 15 is 0 Å². The Labute approximate surface area is 164 Å². The van der Waals surface area contributed by atoms with Crippen molar-refractivity contribution in [3.05, 3.63) is 48.0 Å². The average molecular weight is 386 g/mol. The fraction of sp³-hybridized carbons (Fsp3) is 0.429. The van der Waals surface area contributed by atoms with Crippen molar-refractivity contribution in [3.8, 4) is 0 Å². The molecular weight excluding hydrogens is 360 g/mol. The van der Waals surface area contributed by atoms with Gasteiger partial charge in [0.1, 0.15) is 11.6 Å². The summed E-state index contributed by atoms with van der Waals surface area (Å²) in [6.45, 7) is 10.1. The van der Waals surface area contributed by atoms with Crippen LogP contribution in [0.2, 0.25) is 0 Å². The minimum absolute atomic E-state index is 0.0391. The number of ether oxygens (including phenoxy) is 1. The zero-order valence-electron chi connectivity index (χ0n) is 16.7. The summed E-state index contributed by atoms with van der Waals surface area (Å²) in [5.41, 5.74) is -0.0846. The number of hydrogen-bond acceptors (Lipinski definition) is 5. The van der Waals surface area contributed by atoms with E-state index in [2.05, 4.69) is 11.9 Å². The number of esters is 1. The van der Waals surface area contributed by atoms with E-state index in [0.29, 0.717) is 17.5 Å². The molecule has 1 aliphatic rings. The first kappa shape index (κ1) is 21.3. The highest BCUT2D eigenvalue weighted by molar-refractivity contribution is 6.21. The van der Waals surface area contributed by atoms with Crippen molar-refractivity contribution in [2.24, 2.45) is 5.92 Å². The molecular formula is C21H26N2O5. The van der Waals surface area contributed by atoms with Crippen molar-refractivity contribution in [2.45, 2.75) is 45.8 Å². The van der Waals surface area contributed by atoms with E-state index in [1.807, 2.05) is 0 Å². The summed E-state index contributed by atoms with van der Waals surface area (Å²) in [6, 6.07) is 5.55. The van der Waals surface area contributed by atoms with Crippen LogP contribution in [0.25, 0.3) is 0 Å². The van der Waals surface area contributed by atoms with Gasteiger partial charge in [-0.1, -0.05) is 18.2 Å². The summed E-state index contributed by atoms with van der Waals surface area (Å²) in [5, 5.41) is 2.60. The van der Waals surface area contributed by atoms with E-state index in [1.165, 1.54) is 6.92 Å². The fourth-order valence-electron chi connectivity index (χ4n) is 3.12. The third-order valence-electron chi connectivity index (χ3n) is 4.26. The Bertz CT molecular complexity index is 774. The maximum atomic E-state index is 12.7. The van der Waals surface area contributed by atoms with Gasteiger partial charge in [0.05, 0.1) is 11.1 Å². The Kier molecular flexibility index (Phi) is 6.38. The van der Waals surface area contributed by atoms with Crippen molar-refractivity contribution in [2.75, 3.05) is 6.54 Å². The molecule has 7 heteroatoms. The van der Waals surface area contributed by atoms with Gasteiger partial charge in [-0.25, -0.2) is 4.79 Å². The zero-order valence-corrected chi connectivity index (χ0v) is 16.7. The molecule has 28 heavy (non-hydrogen) atoms. The van der Waals surface area contributed by atoms with Crippen LogP contribution in [0.5, 0.6) is 0 Å². The third-order valence-corrected chi connectivity index (χ3v) is 4.26. The largest absolute Gasteiger partial charge is 0.458 e. The van der Waals surface area contributed by atoms with E-state index in [4.69, 9.17) is 4.74 Å². The first-order valence-corrected chi connectivity index (χ1v) is 9.11. The molecule has 7 nitrogen and oxygen atoms in total. The van der Waals surface area contributed by atoms with E-state index < -0.39 is 41.3 Å². The highest BCUT2D eigenvalue weighted by Crippen LogP contribution is 2.26. The van der Waals surface area contributed by atoms with Gasteiger partial charge in [-0.05, 0) is 39.3 Å². The van der Waals surface area contributed by atoms with Crippen LogP contribution in [-0.4, -0.2) is 46.8 Å². The number of imide groups is 1. The number of amides is 3. The van der Waals surface area contributed by atoms with Crippen molar-refractivity contribution >= 4 is 23.7 Å². The van der Waals surface area contributed by atoms with E-state index in [0.717, 1.165) is 4.90 Å². The van der Waals surface area contributed by atoms with Gasteiger partial charge in [0.25, 0.3) is 11.8 Å². The molecule has 2 rings (SSSR count). The van der Waals surface area contributed by atoms with Gasteiger partial charge in [0, 0.05) is 19.4 Å². The van der Waals surface area contributed by atoms with E-state index in [9.17, 15) is 19.2 Å². The van der Waals surface area contributed by atoms with Crippen LogP contribution in [0.1, 0.15) is 54.8 Å². The molecule has 0 aliphatic carbocycles. The molecule has 1 aliphatic heterocycles. The van der Waals surface area contributed by atoms with Gasteiger partial charge in [-0.3, -0.25) is 19.3 Å². The van der Waals surface area contributed by atoms with Gasteiger partial charge < -0.3 is 10.1 Å². The Morgan fingerprint density at radius 2 is 1.71 bits per heavy atom. The quantitative estimate of drug-likeness (QED) is 0.441. The summed E-state index contributed by atoms with van der Waals surface area (Å²) in [6.07, 6.45) is 1.89. The van der Waals surface area contributed by atoms with Gasteiger partial charge >= 0.3 is 5.97 Å². The molecule has 0 radical (unpaired) electrons. The molecule has 1 aromatic carbocycles. The van der Waals surface area contributed by atoms with Crippen molar-refractivity contribution in [3.63, 3.8) is 0 Å². The SMILES string of the molecule is C=CC[C@@H](CN1C(=O)c2ccccc2C1=O)[C@H](NC(C)=O)C(=O)OC(C)(C)C. The van der Waals surface area contributed by atoms with Crippen LogP contribution in [0.4, 0.5) is 0 Å². The molecule has 0 saturated heterocycles.